The molecule has 0 spiro atoms. The molecule has 0 fully saturated rings. The molecule has 62 valence electrons. The highest BCUT2D eigenvalue weighted by Gasteiger charge is 2.07. The second-order valence-electron chi connectivity index (χ2n) is 2.24. The molecule has 2 aromatic rings. The average molecular weight is 184 g/mol. The van der Waals surface area contributed by atoms with Gasteiger partial charge < -0.3 is 9.72 Å². The van der Waals surface area contributed by atoms with Crippen LogP contribution in [0.25, 0.3) is 11.2 Å². The molecule has 0 atom stereocenters. The van der Waals surface area contributed by atoms with Gasteiger partial charge in [0.15, 0.2) is 11.4 Å². The van der Waals surface area contributed by atoms with Gasteiger partial charge in [0.25, 0.3) is 0 Å². The van der Waals surface area contributed by atoms with Gasteiger partial charge in [0.1, 0.15) is 10.5 Å². The normalized spacial score (nSPS) is 10.5. The summed E-state index contributed by atoms with van der Waals surface area (Å²) in [5.41, 5.74) is 1.30. The summed E-state index contributed by atoms with van der Waals surface area (Å²) in [6.07, 6.45) is 3.09. The Hall–Kier alpha value is -1.29. The Morgan fingerprint density at radius 2 is 2.33 bits per heavy atom. The summed E-state index contributed by atoms with van der Waals surface area (Å²) in [5, 5.41) is 0.514. The van der Waals surface area contributed by atoms with Crippen LogP contribution in [0.1, 0.15) is 0 Å². The summed E-state index contributed by atoms with van der Waals surface area (Å²) in [4.78, 5) is 10.8. The quantitative estimate of drug-likeness (QED) is 0.731. The lowest BCUT2D eigenvalue weighted by Crippen LogP contribution is -1.86. The van der Waals surface area contributed by atoms with Crippen molar-refractivity contribution in [2.75, 3.05) is 7.11 Å². The van der Waals surface area contributed by atoms with Crippen LogP contribution >= 0.6 is 11.6 Å². The van der Waals surface area contributed by atoms with Crippen molar-refractivity contribution in [2.45, 2.75) is 0 Å². The molecule has 0 aromatic carbocycles. The number of hydrogen-bond donors (Lipinski definition) is 1. The zero-order valence-corrected chi connectivity index (χ0v) is 7.09. The van der Waals surface area contributed by atoms with Crippen LogP contribution in [-0.2, 0) is 0 Å². The second kappa shape index (κ2) is 2.64. The number of halogens is 1. The fourth-order valence-electron chi connectivity index (χ4n) is 0.988. The molecule has 12 heavy (non-hydrogen) atoms. The van der Waals surface area contributed by atoms with E-state index < -0.39 is 0 Å². The molecule has 2 rings (SSSR count). The number of rotatable bonds is 1. The van der Waals surface area contributed by atoms with Crippen LogP contribution in [0, 0.1) is 0 Å². The summed E-state index contributed by atoms with van der Waals surface area (Å²) < 4.78 is 4.98. The van der Waals surface area contributed by atoms with Crippen molar-refractivity contribution in [3.8, 4) is 5.75 Å². The standard InChI is InChI=1S/C7H6ClN3O/c1-12-4-2-9-7-6(5(4)8)10-3-11-7/h2-3H,1H3,(H,9,10,11). The number of hydrogen-bond acceptors (Lipinski definition) is 3. The first kappa shape index (κ1) is 7.36. The summed E-state index contributed by atoms with van der Waals surface area (Å²) in [5.74, 6) is 0.549. The van der Waals surface area contributed by atoms with E-state index in [-0.39, 0.29) is 0 Å². The third-order valence-electron chi connectivity index (χ3n) is 1.58. The number of pyridine rings is 1. The molecule has 1 N–H and O–H groups in total. The zero-order chi connectivity index (χ0) is 8.55. The van der Waals surface area contributed by atoms with E-state index in [9.17, 15) is 0 Å². The molecular weight excluding hydrogens is 178 g/mol. The van der Waals surface area contributed by atoms with Gasteiger partial charge in [-0.05, 0) is 0 Å². The highest BCUT2D eigenvalue weighted by atomic mass is 35.5. The molecule has 0 aliphatic rings. The van der Waals surface area contributed by atoms with E-state index in [0.29, 0.717) is 21.9 Å². The molecule has 2 heterocycles. The Morgan fingerprint density at radius 1 is 1.50 bits per heavy atom. The lowest BCUT2D eigenvalue weighted by atomic mass is 10.4. The topological polar surface area (TPSA) is 50.8 Å². The van der Waals surface area contributed by atoms with Crippen molar-refractivity contribution in [3.63, 3.8) is 0 Å². The first-order chi connectivity index (χ1) is 5.83. The van der Waals surface area contributed by atoms with Gasteiger partial charge in [-0.1, -0.05) is 11.6 Å². The fraction of sp³-hybridized carbons (Fsp3) is 0.143. The van der Waals surface area contributed by atoms with E-state index in [2.05, 4.69) is 15.0 Å². The van der Waals surface area contributed by atoms with Crippen molar-refractivity contribution < 1.29 is 4.74 Å². The van der Waals surface area contributed by atoms with Gasteiger partial charge >= 0.3 is 0 Å². The number of imidazole rings is 1. The molecule has 0 bridgehead atoms. The van der Waals surface area contributed by atoms with E-state index in [1.54, 1.807) is 19.6 Å². The van der Waals surface area contributed by atoms with Crippen molar-refractivity contribution in [3.05, 3.63) is 17.5 Å². The van der Waals surface area contributed by atoms with Crippen LogP contribution in [0.3, 0.4) is 0 Å². The monoisotopic (exact) mass is 183 g/mol. The molecule has 0 saturated carbocycles. The van der Waals surface area contributed by atoms with Crippen molar-refractivity contribution in [1.29, 1.82) is 0 Å². The van der Waals surface area contributed by atoms with E-state index in [1.807, 2.05) is 0 Å². The van der Waals surface area contributed by atoms with Crippen LogP contribution in [0.15, 0.2) is 12.5 Å². The summed E-state index contributed by atoms with van der Waals surface area (Å²) in [7, 11) is 1.55. The molecule has 0 amide bonds. The molecule has 5 heteroatoms. The zero-order valence-electron chi connectivity index (χ0n) is 6.34. The molecular formula is C7H6ClN3O. The van der Waals surface area contributed by atoms with Crippen LogP contribution < -0.4 is 4.74 Å². The van der Waals surface area contributed by atoms with E-state index in [4.69, 9.17) is 16.3 Å². The van der Waals surface area contributed by atoms with Crippen molar-refractivity contribution in [2.24, 2.45) is 0 Å². The van der Waals surface area contributed by atoms with Gasteiger partial charge in [0, 0.05) is 0 Å². The molecule has 0 saturated heterocycles. The number of H-pyrrole nitrogens is 1. The van der Waals surface area contributed by atoms with Crippen LogP contribution in [-0.4, -0.2) is 22.1 Å². The molecule has 0 radical (unpaired) electrons. The number of fused-ring (bicyclic) bond motifs is 1. The van der Waals surface area contributed by atoms with Gasteiger partial charge in [0.2, 0.25) is 0 Å². The lowest BCUT2D eigenvalue weighted by molar-refractivity contribution is 0.414. The number of aromatic amines is 1. The largest absolute Gasteiger partial charge is 0.493 e. The number of nitrogens with zero attached hydrogens (tertiary/aromatic N) is 2. The molecule has 0 aliphatic heterocycles. The Morgan fingerprint density at radius 3 is 3.08 bits per heavy atom. The average Bonchev–Trinajstić information content (AvgIpc) is 2.53. The maximum atomic E-state index is 5.95. The Balaban J connectivity index is 2.78. The van der Waals surface area contributed by atoms with E-state index >= 15 is 0 Å². The predicted octanol–water partition coefficient (Wildman–Crippen LogP) is 1.62. The lowest BCUT2D eigenvalue weighted by Gasteiger charge is -2.00. The summed E-state index contributed by atoms with van der Waals surface area (Å²) >= 11 is 5.95. The van der Waals surface area contributed by atoms with Gasteiger partial charge in [-0.2, -0.15) is 0 Å². The SMILES string of the molecule is COc1cnc2nc[nH]c2c1Cl. The Kier molecular flexibility index (Phi) is 1.62. The number of nitrogens with one attached hydrogen (secondary N) is 1. The Bertz CT molecular complexity index is 412. The third-order valence-corrected chi connectivity index (χ3v) is 1.95. The first-order valence-corrected chi connectivity index (χ1v) is 3.72. The summed E-state index contributed by atoms with van der Waals surface area (Å²) in [6, 6.07) is 0. The molecule has 0 unspecified atom stereocenters. The highest BCUT2D eigenvalue weighted by Crippen LogP contribution is 2.28. The summed E-state index contributed by atoms with van der Waals surface area (Å²) in [6.45, 7) is 0. The van der Waals surface area contributed by atoms with Crippen LogP contribution in [0.4, 0.5) is 0 Å². The maximum Gasteiger partial charge on any atom is 0.179 e. The number of methoxy groups -OCH3 is 1. The van der Waals surface area contributed by atoms with E-state index in [1.165, 1.54) is 0 Å². The molecule has 2 aromatic heterocycles. The van der Waals surface area contributed by atoms with Crippen LogP contribution in [0.2, 0.25) is 5.02 Å². The maximum absolute atomic E-state index is 5.95. The predicted molar refractivity (Wildman–Crippen MR) is 45.5 cm³/mol. The number of ether oxygens (including phenoxy) is 1. The van der Waals surface area contributed by atoms with Gasteiger partial charge in [0.05, 0.1) is 19.6 Å². The van der Waals surface area contributed by atoms with E-state index in [0.717, 1.165) is 0 Å². The Labute approximate surface area is 73.5 Å². The second-order valence-corrected chi connectivity index (χ2v) is 2.62. The smallest absolute Gasteiger partial charge is 0.179 e. The first-order valence-electron chi connectivity index (χ1n) is 3.34. The minimum Gasteiger partial charge on any atom is -0.493 e. The highest BCUT2D eigenvalue weighted by molar-refractivity contribution is 6.36. The van der Waals surface area contributed by atoms with Gasteiger partial charge in [-0.3, -0.25) is 0 Å². The fourth-order valence-corrected chi connectivity index (χ4v) is 1.25. The van der Waals surface area contributed by atoms with Crippen molar-refractivity contribution >= 4 is 22.8 Å². The number of aromatic nitrogens is 3. The van der Waals surface area contributed by atoms with Gasteiger partial charge in [-0.25, -0.2) is 9.97 Å². The van der Waals surface area contributed by atoms with Crippen molar-refractivity contribution in [1.82, 2.24) is 15.0 Å². The minimum atomic E-state index is 0.514. The third kappa shape index (κ3) is 0.921. The minimum absolute atomic E-state index is 0.514. The van der Waals surface area contributed by atoms with Gasteiger partial charge in [-0.15, -0.1) is 0 Å². The van der Waals surface area contributed by atoms with Crippen LogP contribution in [0.5, 0.6) is 5.75 Å². The molecule has 0 aliphatic carbocycles. The molecule has 4 nitrogen and oxygen atoms in total.